The standard InChI is InChI=1S/C21H15Cl3N2OS/c22-17-6-8-18(9-7-17)28-13-14-1-4-16(5-2-14)21(27)26-25-12-15-3-10-19(23)20(24)11-15/h1-12H,13H2,(H,26,27)/b25-12+. The highest BCUT2D eigenvalue weighted by molar-refractivity contribution is 7.98. The van der Waals surface area contributed by atoms with Gasteiger partial charge in [0.25, 0.3) is 5.91 Å². The van der Waals surface area contributed by atoms with Crippen molar-refractivity contribution in [2.24, 2.45) is 5.10 Å². The molecule has 0 aromatic heterocycles. The minimum Gasteiger partial charge on any atom is -0.267 e. The lowest BCUT2D eigenvalue weighted by Gasteiger charge is -2.04. The van der Waals surface area contributed by atoms with Gasteiger partial charge in [-0.1, -0.05) is 53.0 Å². The summed E-state index contributed by atoms with van der Waals surface area (Å²) in [4.78, 5) is 13.3. The van der Waals surface area contributed by atoms with Gasteiger partial charge in [-0.05, 0) is 59.7 Å². The SMILES string of the molecule is O=C(N/N=C/c1ccc(Cl)c(Cl)c1)c1ccc(CSc2ccc(Cl)cc2)cc1. The molecule has 0 bridgehead atoms. The molecule has 0 saturated heterocycles. The van der Waals surface area contributed by atoms with E-state index in [2.05, 4.69) is 10.5 Å². The molecule has 0 unspecified atom stereocenters. The van der Waals surface area contributed by atoms with Crippen LogP contribution in [0.4, 0.5) is 0 Å². The molecule has 3 nitrogen and oxygen atoms in total. The fourth-order valence-corrected chi connectivity index (χ4v) is 3.56. The maximum Gasteiger partial charge on any atom is 0.271 e. The first-order valence-electron chi connectivity index (χ1n) is 8.27. The molecular weight excluding hydrogens is 435 g/mol. The van der Waals surface area contributed by atoms with Crippen molar-refractivity contribution in [3.63, 3.8) is 0 Å². The summed E-state index contributed by atoms with van der Waals surface area (Å²) in [5.74, 6) is 0.521. The normalized spacial score (nSPS) is 11.0. The van der Waals surface area contributed by atoms with Crippen molar-refractivity contribution in [2.75, 3.05) is 0 Å². The van der Waals surface area contributed by atoms with Crippen LogP contribution in [0.25, 0.3) is 0 Å². The van der Waals surface area contributed by atoms with Crippen molar-refractivity contribution >= 4 is 58.7 Å². The van der Waals surface area contributed by atoms with Gasteiger partial charge in [0, 0.05) is 21.2 Å². The predicted molar refractivity (Wildman–Crippen MR) is 119 cm³/mol. The minimum atomic E-state index is -0.284. The van der Waals surface area contributed by atoms with E-state index in [0.29, 0.717) is 15.6 Å². The number of hydrogen-bond donors (Lipinski definition) is 1. The number of hydrazone groups is 1. The first kappa shape index (κ1) is 20.7. The number of rotatable bonds is 6. The second-order valence-corrected chi connectivity index (χ2v) is 8.11. The predicted octanol–water partition coefficient (Wildman–Crippen LogP) is 6.70. The Hall–Kier alpha value is -1.98. The lowest BCUT2D eigenvalue weighted by molar-refractivity contribution is 0.0955. The Bertz CT molecular complexity index is 990. The quantitative estimate of drug-likeness (QED) is 0.258. The Balaban J connectivity index is 1.53. The number of carbonyl (C=O) groups is 1. The molecule has 3 aromatic rings. The molecule has 28 heavy (non-hydrogen) atoms. The topological polar surface area (TPSA) is 41.5 Å². The summed E-state index contributed by atoms with van der Waals surface area (Å²) in [6, 6.07) is 20.2. The number of carbonyl (C=O) groups excluding carboxylic acids is 1. The van der Waals surface area contributed by atoms with E-state index in [1.807, 2.05) is 36.4 Å². The van der Waals surface area contributed by atoms with Crippen LogP contribution in [-0.4, -0.2) is 12.1 Å². The molecule has 3 aromatic carbocycles. The Morgan fingerprint density at radius 3 is 2.32 bits per heavy atom. The van der Waals surface area contributed by atoms with Gasteiger partial charge < -0.3 is 0 Å². The molecule has 0 radical (unpaired) electrons. The van der Waals surface area contributed by atoms with E-state index in [9.17, 15) is 4.79 Å². The molecule has 0 aliphatic carbocycles. The average molecular weight is 450 g/mol. The van der Waals surface area contributed by atoms with Crippen molar-refractivity contribution < 1.29 is 4.79 Å². The van der Waals surface area contributed by atoms with Gasteiger partial charge in [-0.2, -0.15) is 5.10 Å². The van der Waals surface area contributed by atoms with E-state index in [4.69, 9.17) is 34.8 Å². The first-order chi connectivity index (χ1) is 13.5. The van der Waals surface area contributed by atoms with Crippen LogP contribution < -0.4 is 5.43 Å². The number of nitrogens with zero attached hydrogens (tertiary/aromatic N) is 1. The molecule has 0 aliphatic heterocycles. The molecule has 1 amide bonds. The number of nitrogens with one attached hydrogen (secondary N) is 1. The second-order valence-electron chi connectivity index (χ2n) is 5.81. The van der Waals surface area contributed by atoms with Crippen LogP contribution in [0.3, 0.4) is 0 Å². The maximum atomic E-state index is 12.2. The summed E-state index contributed by atoms with van der Waals surface area (Å²) in [5.41, 5.74) is 4.90. The van der Waals surface area contributed by atoms with Crippen molar-refractivity contribution in [1.82, 2.24) is 5.43 Å². The summed E-state index contributed by atoms with van der Waals surface area (Å²) in [6.45, 7) is 0. The van der Waals surface area contributed by atoms with E-state index in [0.717, 1.165) is 26.8 Å². The second kappa shape index (κ2) is 9.99. The van der Waals surface area contributed by atoms with Crippen molar-refractivity contribution in [3.05, 3.63) is 98.5 Å². The fraction of sp³-hybridized carbons (Fsp3) is 0.0476. The molecule has 0 spiro atoms. The Kier molecular flexibility index (Phi) is 7.40. The zero-order chi connectivity index (χ0) is 19.9. The number of amides is 1. The molecule has 0 heterocycles. The van der Waals surface area contributed by atoms with Gasteiger partial charge in [-0.3, -0.25) is 4.79 Å². The monoisotopic (exact) mass is 448 g/mol. The van der Waals surface area contributed by atoms with Gasteiger partial charge >= 0.3 is 0 Å². The minimum absolute atomic E-state index is 0.284. The third-order valence-corrected chi connectivity index (χ3v) is 5.83. The Morgan fingerprint density at radius 2 is 1.64 bits per heavy atom. The van der Waals surface area contributed by atoms with Crippen LogP contribution in [0.15, 0.2) is 76.7 Å². The van der Waals surface area contributed by atoms with Crippen LogP contribution in [0.5, 0.6) is 0 Å². The van der Waals surface area contributed by atoms with Crippen LogP contribution in [0.2, 0.25) is 15.1 Å². The number of benzene rings is 3. The highest BCUT2D eigenvalue weighted by Crippen LogP contribution is 2.24. The highest BCUT2D eigenvalue weighted by Gasteiger charge is 2.05. The van der Waals surface area contributed by atoms with Gasteiger partial charge in [0.1, 0.15) is 0 Å². The van der Waals surface area contributed by atoms with Crippen LogP contribution in [0.1, 0.15) is 21.5 Å². The molecule has 0 saturated carbocycles. The van der Waals surface area contributed by atoms with E-state index in [1.165, 1.54) is 6.21 Å². The van der Waals surface area contributed by atoms with Gasteiger partial charge in [0.2, 0.25) is 0 Å². The lowest BCUT2D eigenvalue weighted by atomic mass is 10.1. The van der Waals surface area contributed by atoms with Crippen LogP contribution in [-0.2, 0) is 5.75 Å². The number of halogens is 3. The molecule has 7 heteroatoms. The third kappa shape index (κ3) is 6.01. The van der Waals surface area contributed by atoms with Crippen molar-refractivity contribution in [2.45, 2.75) is 10.6 Å². The zero-order valence-corrected chi connectivity index (χ0v) is 17.6. The summed E-state index contributed by atoms with van der Waals surface area (Å²) in [7, 11) is 0. The zero-order valence-electron chi connectivity index (χ0n) is 14.5. The number of thioether (sulfide) groups is 1. The molecule has 0 fully saturated rings. The smallest absolute Gasteiger partial charge is 0.267 e. The molecular formula is C21H15Cl3N2OS. The van der Waals surface area contributed by atoms with E-state index in [-0.39, 0.29) is 5.91 Å². The van der Waals surface area contributed by atoms with Gasteiger partial charge in [-0.25, -0.2) is 5.43 Å². The number of hydrogen-bond acceptors (Lipinski definition) is 3. The van der Waals surface area contributed by atoms with E-state index >= 15 is 0 Å². The summed E-state index contributed by atoms with van der Waals surface area (Å²) in [6.07, 6.45) is 1.51. The molecule has 142 valence electrons. The Morgan fingerprint density at radius 1 is 0.929 bits per heavy atom. The lowest BCUT2D eigenvalue weighted by Crippen LogP contribution is -2.17. The molecule has 3 rings (SSSR count). The van der Waals surface area contributed by atoms with E-state index < -0.39 is 0 Å². The van der Waals surface area contributed by atoms with Gasteiger partial charge in [0.05, 0.1) is 16.3 Å². The van der Waals surface area contributed by atoms with Crippen molar-refractivity contribution in [3.8, 4) is 0 Å². The average Bonchev–Trinajstić information content (AvgIpc) is 2.70. The van der Waals surface area contributed by atoms with E-state index in [1.54, 1.807) is 42.1 Å². The Labute approximate surface area is 182 Å². The third-order valence-electron chi connectivity index (χ3n) is 3.76. The van der Waals surface area contributed by atoms with Gasteiger partial charge in [-0.15, -0.1) is 11.8 Å². The maximum absolute atomic E-state index is 12.2. The van der Waals surface area contributed by atoms with Crippen LogP contribution >= 0.6 is 46.6 Å². The summed E-state index contributed by atoms with van der Waals surface area (Å²) >= 11 is 19.4. The largest absolute Gasteiger partial charge is 0.271 e. The summed E-state index contributed by atoms with van der Waals surface area (Å²) in [5, 5.41) is 5.58. The van der Waals surface area contributed by atoms with Crippen LogP contribution in [0, 0.1) is 0 Å². The first-order valence-corrected chi connectivity index (χ1v) is 10.4. The molecule has 0 aliphatic rings. The molecule has 1 N–H and O–H groups in total. The molecule has 0 atom stereocenters. The highest BCUT2D eigenvalue weighted by atomic mass is 35.5. The van der Waals surface area contributed by atoms with Gasteiger partial charge in [0.15, 0.2) is 0 Å². The fourth-order valence-electron chi connectivity index (χ4n) is 2.27. The summed E-state index contributed by atoms with van der Waals surface area (Å²) < 4.78 is 0. The van der Waals surface area contributed by atoms with Crippen molar-refractivity contribution in [1.29, 1.82) is 0 Å².